The third-order valence-electron chi connectivity index (χ3n) is 3.53. The molecule has 19 heavy (non-hydrogen) atoms. The summed E-state index contributed by atoms with van der Waals surface area (Å²) in [6, 6.07) is 3.04. The third-order valence-corrected chi connectivity index (χ3v) is 3.53. The van der Waals surface area contributed by atoms with Crippen molar-refractivity contribution in [2.75, 3.05) is 11.9 Å². The van der Waals surface area contributed by atoms with Crippen molar-refractivity contribution in [2.24, 2.45) is 0 Å². The van der Waals surface area contributed by atoms with Crippen LogP contribution in [0.25, 0.3) is 0 Å². The second kappa shape index (κ2) is 5.99. The Morgan fingerprint density at radius 3 is 2.89 bits per heavy atom. The topological polar surface area (TPSA) is 32.3 Å². The summed E-state index contributed by atoms with van der Waals surface area (Å²) in [5.41, 5.74) is 0.0202. The SMILES string of the molecule is CC[C@H]1CCCCN1C(=O)Nc1ccc(F)cc1F. The molecule has 1 saturated heterocycles. The average molecular weight is 268 g/mol. The first-order chi connectivity index (χ1) is 9.11. The molecule has 0 bridgehead atoms. The molecule has 104 valence electrons. The number of nitrogens with zero attached hydrogens (tertiary/aromatic N) is 1. The smallest absolute Gasteiger partial charge is 0.322 e. The molecule has 1 fully saturated rings. The molecule has 1 N–H and O–H groups in total. The predicted molar refractivity (Wildman–Crippen MR) is 70.0 cm³/mol. The van der Waals surface area contributed by atoms with Crippen LogP contribution >= 0.6 is 0 Å². The molecule has 0 unspecified atom stereocenters. The normalized spacial score (nSPS) is 19.3. The summed E-state index contributed by atoms with van der Waals surface area (Å²) in [7, 11) is 0. The Morgan fingerprint density at radius 2 is 2.21 bits per heavy atom. The van der Waals surface area contributed by atoms with Crippen LogP contribution in [0.5, 0.6) is 0 Å². The number of anilines is 1. The van der Waals surface area contributed by atoms with Gasteiger partial charge in [0.25, 0.3) is 0 Å². The first kappa shape index (κ1) is 13.8. The van der Waals surface area contributed by atoms with Gasteiger partial charge in [-0.05, 0) is 37.8 Å². The van der Waals surface area contributed by atoms with Crippen molar-refractivity contribution in [1.82, 2.24) is 4.90 Å². The van der Waals surface area contributed by atoms with E-state index < -0.39 is 11.6 Å². The number of halogens is 2. The zero-order chi connectivity index (χ0) is 13.8. The fourth-order valence-corrected chi connectivity index (χ4v) is 2.47. The minimum atomic E-state index is -0.751. The maximum atomic E-state index is 13.5. The lowest BCUT2D eigenvalue weighted by Gasteiger charge is -2.35. The molecule has 1 aromatic rings. The van der Waals surface area contributed by atoms with Crippen LogP contribution in [0, 0.1) is 11.6 Å². The molecule has 0 radical (unpaired) electrons. The molecule has 3 nitrogen and oxygen atoms in total. The van der Waals surface area contributed by atoms with E-state index in [0.717, 1.165) is 37.8 Å². The van der Waals surface area contributed by atoms with Crippen molar-refractivity contribution >= 4 is 11.7 Å². The average Bonchev–Trinajstić information content (AvgIpc) is 2.41. The largest absolute Gasteiger partial charge is 0.322 e. The summed E-state index contributed by atoms with van der Waals surface area (Å²) >= 11 is 0. The van der Waals surface area contributed by atoms with Crippen molar-refractivity contribution in [3.05, 3.63) is 29.8 Å². The number of piperidine rings is 1. The van der Waals surface area contributed by atoms with Gasteiger partial charge in [0.1, 0.15) is 11.6 Å². The second-order valence-electron chi connectivity index (χ2n) is 4.81. The van der Waals surface area contributed by atoms with Crippen LogP contribution in [-0.2, 0) is 0 Å². The van der Waals surface area contributed by atoms with Gasteiger partial charge in [-0.2, -0.15) is 0 Å². The van der Waals surface area contributed by atoms with Gasteiger partial charge in [-0.25, -0.2) is 13.6 Å². The van der Waals surface area contributed by atoms with E-state index in [4.69, 9.17) is 0 Å². The van der Waals surface area contributed by atoms with Crippen LogP contribution < -0.4 is 5.32 Å². The van der Waals surface area contributed by atoms with E-state index in [1.807, 2.05) is 6.92 Å². The van der Waals surface area contributed by atoms with E-state index in [-0.39, 0.29) is 17.8 Å². The van der Waals surface area contributed by atoms with Crippen LogP contribution in [0.2, 0.25) is 0 Å². The maximum absolute atomic E-state index is 13.5. The van der Waals surface area contributed by atoms with Crippen molar-refractivity contribution in [3.8, 4) is 0 Å². The van der Waals surface area contributed by atoms with E-state index >= 15 is 0 Å². The summed E-state index contributed by atoms with van der Waals surface area (Å²) in [5, 5.41) is 2.52. The van der Waals surface area contributed by atoms with E-state index in [9.17, 15) is 13.6 Å². The number of nitrogens with one attached hydrogen (secondary N) is 1. The monoisotopic (exact) mass is 268 g/mol. The lowest BCUT2D eigenvalue weighted by Crippen LogP contribution is -2.45. The highest BCUT2D eigenvalue weighted by Crippen LogP contribution is 2.21. The maximum Gasteiger partial charge on any atom is 0.322 e. The van der Waals surface area contributed by atoms with Gasteiger partial charge in [0.05, 0.1) is 5.69 Å². The van der Waals surface area contributed by atoms with Gasteiger partial charge in [-0.15, -0.1) is 0 Å². The van der Waals surface area contributed by atoms with Gasteiger partial charge in [-0.1, -0.05) is 6.92 Å². The number of likely N-dealkylation sites (tertiary alicyclic amines) is 1. The molecule has 2 rings (SSSR count). The van der Waals surface area contributed by atoms with Gasteiger partial charge in [0.2, 0.25) is 0 Å². The van der Waals surface area contributed by atoms with E-state index in [0.29, 0.717) is 6.54 Å². The summed E-state index contributed by atoms with van der Waals surface area (Å²) in [5.74, 6) is -1.40. The molecule has 1 aliphatic rings. The van der Waals surface area contributed by atoms with Crippen molar-refractivity contribution in [3.63, 3.8) is 0 Å². The molecule has 0 aromatic heterocycles. The van der Waals surface area contributed by atoms with Gasteiger partial charge in [-0.3, -0.25) is 0 Å². The Morgan fingerprint density at radius 1 is 1.42 bits per heavy atom. The Hall–Kier alpha value is -1.65. The van der Waals surface area contributed by atoms with E-state index in [1.165, 1.54) is 6.07 Å². The highest BCUT2D eigenvalue weighted by Gasteiger charge is 2.25. The van der Waals surface area contributed by atoms with Gasteiger partial charge < -0.3 is 10.2 Å². The molecule has 0 spiro atoms. The summed E-state index contributed by atoms with van der Waals surface area (Å²) < 4.78 is 26.3. The minimum Gasteiger partial charge on any atom is -0.322 e. The first-order valence-corrected chi connectivity index (χ1v) is 6.64. The highest BCUT2D eigenvalue weighted by atomic mass is 19.1. The molecule has 2 amide bonds. The molecule has 0 aliphatic carbocycles. The van der Waals surface area contributed by atoms with Crippen LogP contribution in [0.15, 0.2) is 18.2 Å². The van der Waals surface area contributed by atoms with Crippen molar-refractivity contribution < 1.29 is 13.6 Å². The van der Waals surface area contributed by atoms with Gasteiger partial charge in [0.15, 0.2) is 0 Å². The first-order valence-electron chi connectivity index (χ1n) is 6.64. The van der Waals surface area contributed by atoms with E-state index in [1.54, 1.807) is 4.90 Å². The highest BCUT2D eigenvalue weighted by molar-refractivity contribution is 5.89. The molecule has 5 heteroatoms. The zero-order valence-electron chi connectivity index (χ0n) is 11.0. The Labute approximate surface area is 111 Å². The molecular weight excluding hydrogens is 250 g/mol. The number of amides is 2. The van der Waals surface area contributed by atoms with E-state index in [2.05, 4.69) is 5.32 Å². The Balaban J connectivity index is 2.07. The molecule has 0 saturated carbocycles. The summed E-state index contributed by atoms with van der Waals surface area (Å²) in [4.78, 5) is 13.9. The minimum absolute atomic E-state index is 0.0202. The fourth-order valence-electron chi connectivity index (χ4n) is 2.47. The van der Waals surface area contributed by atoms with Crippen LogP contribution in [0.3, 0.4) is 0 Å². The number of urea groups is 1. The predicted octanol–water partition coefficient (Wildman–Crippen LogP) is 3.76. The number of hydrogen-bond acceptors (Lipinski definition) is 1. The van der Waals surface area contributed by atoms with Crippen molar-refractivity contribution in [2.45, 2.75) is 38.6 Å². The standard InChI is InChI=1S/C14H18F2N2O/c1-2-11-5-3-4-8-18(11)14(19)17-13-7-6-10(15)9-12(13)16/h6-7,9,11H,2-5,8H2,1H3,(H,17,19)/t11-/m0/s1. The van der Waals surface area contributed by atoms with Gasteiger partial charge in [0, 0.05) is 18.7 Å². The zero-order valence-corrected chi connectivity index (χ0v) is 11.0. The second-order valence-corrected chi connectivity index (χ2v) is 4.81. The number of rotatable bonds is 2. The number of benzene rings is 1. The molecule has 1 atom stereocenters. The lowest BCUT2D eigenvalue weighted by atomic mass is 10.0. The lowest BCUT2D eigenvalue weighted by molar-refractivity contribution is 0.160. The van der Waals surface area contributed by atoms with Crippen LogP contribution in [0.4, 0.5) is 19.3 Å². The fraction of sp³-hybridized carbons (Fsp3) is 0.500. The summed E-state index contributed by atoms with van der Waals surface area (Å²) in [6.07, 6.45) is 3.96. The van der Waals surface area contributed by atoms with Crippen molar-refractivity contribution in [1.29, 1.82) is 0 Å². The summed E-state index contributed by atoms with van der Waals surface area (Å²) in [6.45, 7) is 2.72. The molecular formula is C14H18F2N2O. The third kappa shape index (κ3) is 3.22. The van der Waals surface area contributed by atoms with Crippen LogP contribution in [-0.4, -0.2) is 23.5 Å². The van der Waals surface area contributed by atoms with Crippen LogP contribution in [0.1, 0.15) is 32.6 Å². The Kier molecular flexibility index (Phi) is 4.35. The number of carbonyl (C=O) groups excluding carboxylic acids is 1. The number of hydrogen-bond donors (Lipinski definition) is 1. The van der Waals surface area contributed by atoms with Gasteiger partial charge >= 0.3 is 6.03 Å². The molecule has 1 heterocycles. The molecule has 1 aliphatic heterocycles. The molecule has 1 aromatic carbocycles. The quantitative estimate of drug-likeness (QED) is 0.870. The number of carbonyl (C=O) groups is 1. The Bertz CT molecular complexity index is 465.